The van der Waals surface area contributed by atoms with Gasteiger partial charge in [-0.3, -0.25) is 4.79 Å². The standard InChI is InChI=1S/C11H19NO2/c13-9-5-4-8-12-11(14)10-6-2-1-3-7-10/h9-10H,1-8H2,(H,12,14). The number of carbonyl (C=O) groups excluding carboxylic acids is 2. The number of hydrogen-bond acceptors (Lipinski definition) is 2. The molecule has 1 aliphatic rings. The predicted molar refractivity (Wildman–Crippen MR) is 54.9 cm³/mol. The lowest BCUT2D eigenvalue weighted by Crippen LogP contribution is -2.32. The highest BCUT2D eigenvalue weighted by atomic mass is 16.1. The summed E-state index contributed by atoms with van der Waals surface area (Å²) in [5.74, 6) is 0.426. The second-order valence-electron chi connectivity index (χ2n) is 3.93. The molecule has 1 rings (SSSR count). The van der Waals surface area contributed by atoms with Crippen molar-refractivity contribution in [2.24, 2.45) is 5.92 Å². The van der Waals surface area contributed by atoms with E-state index in [0.29, 0.717) is 13.0 Å². The summed E-state index contributed by atoms with van der Waals surface area (Å²) in [6.45, 7) is 0.647. The van der Waals surface area contributed by atoms with Gasteiger partial charge in [0.15, 0.2) is 0 Å². The molecule has 80 valence electrons. The van der Waals surface area contributed by atoms with E-state index in [4.69, 9.17) is 0 Å². The summed E-state index contributed by atoms with van der Waals surface area (Å²) >= 11 is 0. The van der Waals surface area contributed by atoms with Crippen molar-refractivity contribution in [1.29, 1.82) is 0 Å². The van der Waals surface area contributed by atoms with E-state index in [1.54, 1.807) is 0 Å². The lowest BCUT2D eigenvalue weighted by Gasteiger charge is -2.20. The van der Waals surface area contributed by atoms with Gasteiger partial charge in [0.05, 0.1) is 0 Å². The molecule has 1 saturated carbocycles. The summed E-state index contributed by atoms with van der Waals surface area (Å²) in [4.78, 5) is 21.6. The van der Waals surface area contributed by atoms with Crippen LogP contribution in [0.1, 0.15) is 44.9 Å². The largest absolute Gasteiger partial charge is 0.356 e. The molecule has 14 heavy (non-hydrogen) atoms. The van der Waals surface area contributed by atoms with Crippen LogP contribution in [-0.4, -0.2) is 18.7 Å². The molecule has 0 unspecified atom stereocenters. The highest BCUT2D eigenvalue weighted by Gasteiger charge is 2.20. The molecule has 0 spiro atoms. The van der Waals surface area contributed by atoms with Gasteiger partial charge in [0, 0.05) is 18.9 Å². The summed E-state index contributed by atoms with van der Waals surface area (Å²) in [5.41, 5.74) is 0. The Kier molecular flexibility index (Phi) is 5.27. The molecule has 1 N–H and O–H groups in total. The van der Waals surface area contributed by atoms with Crippen molar-refractivity contribution in [3.05, 3.63) is 0 Å². The number of unbranched alkanes of at least 4 members (excludes halogenated alkanes) is 1. The molecule has 0 heterocycles. The third kappa shape index (κ3) is 3.90. The van der Waals surface area contributed by atoms with Crippen molar-refractivity contribution in [2.45, 2.75) is 44.9 Å². The average Bonchev–Trinajstić information content (AvgIpc) is 2.25. The normalized spacial score (nSPS) is 17.7. The molecule has 3 heteroatoms. The van der Waals surface area contributed by atoms with Crippen LogP contribution < -0.4 is 5.32 Å². The highest BCUT2D eigenvalue weighted by Crippen LogP contribution is 2.23. The highest BCUT2D eigenvalue weighted by molar-refractivity contribution is 5.78. The van der Waals surface area contributed by atoms with Gasteiger partial charge in [0.1, 0.15) is 6.29 Å². The molecule has 0 bridgehead atoms. The molecular formula is C11H19NO2. The van der Waals surface area contributed by atoms with E-state index in [2.05, 4.69) is 5.32 Å². The van der Waals surface area contributed by atoms with Gasteiger partial charge in [0.2, 0.25) is 5.91 Å². The zero-order valence-corrected chi connectivity index (χ0v) is 8.63. The molecule has 1 amide bonds. The lowest BCUT2D eigenvalue weighted by molar-refractivity contribution is -0.126. The van der Waals surface area contributed by atoms with Crippen LogP contribution in [0.3, 0.4) is 0 Å². The van der Waals surface area contributed by atoms with Crippen LogP contribution in [0.5, 0.6) is 0 Å². The second-order valence-corrected chi connectivity index (χ2v) is 3.93. The molecule has 0 aromatic rings. The van der Waals surface area contributed by atoms with Crippen LogP contribution in [0.25, 0.3) is 0 Å². The Morgan fingerprint density at radius 3 is 2.64 bits per heavy atom. The van der Waals surface area contributed by atoms with Crippen molar-refractivity contribution in [3.63, 3.8) is 0 Å². The minimum absolute atomic E-state index is 0.190. The number of carbonyl (C=O) groups is 2. The topological polar surface area (TPSA) is 46.2 Å². The minimum Gasteiger partial charge on any atom is -0.356 e. The minimum atomic E-state index is 0.190. The summed E-state index contributed by atoms with van der Waals surface area (Å²) in [7, 11) is 0. The Morgan fingerprint density at radius 1 is 1.29 bits per heavy atom. The number of aldehydes is 1. The third-order valence-electron chi connectivity index (χ3n) is 2.77. The van der Waals surface area contributed by atoms with E-state index in [0.717, 1.165) is 25.5 Å². The zero-order valence-electron chi connectivity index (χ0n) is 8.63. The number of nitrogens with one attached hydrogen (secondary N) is 1. The van der Waals surface area contributed by atoms with Gasteiger partial charge in [-0.1, -0.05) is 19.3 Å². The van der Waals surface area contributed by atoms with E-state index < -0.39 is 0 Å². The van der Waals surface area contributed by atoms with E-state index in [-0.39, 0.29) is 11.8 Å². The van der Waals surface area contributed by atoms with Gasteiger partial charge < -0.3 is 10.1 Å². The van der Waals surface area contributed by atoms with Crippen molar-refractivity contribution in [3.8, 4) is 0 Å². The number of hydrogen-bond donors (Lipinski definition) is 1. The first kappa shape index (κ1) is 11.2. The fourth-order valence-electron chi connectivity index (χ4n) is 1.91. The summed E-state index contributed by atoms with van der Waals surface area (Å²) in [6, 6.07) is 0. The first-order valence-corrected chi connectivity index (χ1v) is 5.56. The lowest BCUT2D eigenvalue weighted by atomic mass is 9.89. The Balaban J connectivity index is 2.10. The number of rotatable bonds is 5. The van der Waals surface area contributed by atoms with Gasteiger partial charge in [-0.05, 0) is 19.3 Å². The maximum absolute atomic E-state index is 11.6. The zero-order chi connectivity index (χ0) is 10.2. The molecule has 0 saturated heterocycles. The Hall–Kier alpha value is -0.860. The predicted octanol–water partition coefficient (Wildman–Crippen LogP) is 1.66. The van der Waals surface area contributed by atoms with Crippen LogP contribution in [0.4, 0.5) is 0 Å². The Morgan fingerprint density at radius 2 is 2.00 bits per heavy atom. The average molecular weight is 197 g/mol. The molecule has 0 aromatic carbocycles. The quantitative estimate of drug-likeness (QED) is 0.538. The maximum Gasteiger partial charge on any atom is 0.223 e. The summed E-state index contributed by atoms with van der Waals surface area (Å²) < 4.78 is 0. The fourth-order valence-corrected chi connectivity index (χ4v) is 1.91. The monoisotopic (exact) mass is 197 g/mol. The fraction of sp³-hybridized carbons (Fsp3) is 0.818. The summed E-state index contributed by atoms with van der Waals surface area (Å²) in [5, 5.41) is 2.89. The van der Waals surface area contributed by atoms with Crippen molar-refractivity contribution in [2.75, 3.05) is 6.54 Å². The second kappa shape index (κ2) is 6.57. The Labute approximate surface area is 85.3 Å². The van der Waals surface area contributed by atoms with Crippen LogP contribution in [0, 0.1) is 5.92 Å². The van der Waals surface area contributed by atoms with Crippen molar-refractivity contribution in [1.82, 2.24) is 5.32 Å². The van der Waals surface area contributed by atoms with E-state index in [1.807, 2.05) is 0 Å². The van der Waals surface area contributed by atoms with Crippen LogP contribution in [0.15, 0.2) is 0 Å². The van der Waals surface area contributed by atoms with Crippen LogP contribution in [0.2, 0.25) is 0 Å². The van der Waals surface area contributed by atoms with E-state index in [9.17, 15) is 9.59 Å². The van der Waals surface area contributed by atoms with Gasteiger partial charge in [-0.15, -0.1) is 0 Å². The molecule has 1 aliphatic carbocycles. The third-order valence-corrected chi connectivity index (χ3v) is 2.77. The number of amides is 1. The van der Waals surface area contributed by atoms with Gasteiger partial charge in [-0.2, -0.15) is 0 Å². The molecule has 0 aromatic heterocycles. The van der Waals surface area contributed by atoms with Crippen LogP contribution >= 0.6 is 0 Å². The van der Waals surface area contributed by atoms with E-state index in [1.165, 1.54) is 19.3 Å². The molecule has 3 nitrogen and oxygen atoms in total. The van der Waals surface area contributed by atoms with E-state index >= 15 is 0 Å². The molecular weight excluding hydrogens is 178 g/mol. The first-order valence-electron chi connectivity index (χ1n) is 5.56. The van der Waals surface area contributed by atoms with Crippen LogP contribution in [-0.2, 0) is 9.59 Å². The molecule has 0 radical (unpaired) electrons. The van der Waals surface area contributed by atoms with Crippen molar-refractivity contribution >= 4 is 12.2 Å². The maximum atomic E-state index is 11.6. The van der Waals surface area contributed by atoms with Gasteiger partial charge in [-0.25, -0.2) is 0 Å². The van der Waals surface area contributed by atoms with Gasteiger partial charge >= 0.3 is 0 Å². The molecule has 0 aliphatic heterocycles. The SMILES string of the molecule is O=CCCCNC(=O)C1CCCCC1. The van der Waals surface area contributed by atoms with Crippen molar-refractivity contribution < 1.29 is 9.59 Å². The smallest absolute Gasteiger partial charge is 0.223 e. The van der Waals surface area contributed by atoms with Gasteiger partial charge in [0.25, 0.3) is 0 Å². The molecule has 0 atom stereocenters. The first-order chi connectivity index (χ1) is 6.84. The Bertz CT molecular complexity index is 186. The summed E-state index contributed by atoms with van der Waals surface area (Å²) in [6.07, 6.45) is 7.94. The molecule has 1 fully saturated rings.